The summed E-state index contributed by atoms with van der Waals surface area (Å²) in [5.41, 5.74) is 1.20. The second-order valence-corrected chi connectivity index (χ2v) is 4.40. The Morgan fingerprint density at radius 1 is 1.32 bits per heavy atom. The molecule has 0 fully saturated rings. The number of fused-ring (bicyclic) bond motifs is 1. The van der Waals surface area contributed by atoms with Crippen LogP contribution in [0.4, 0.5) is 0 Å². The number of benzene rings is 1. The van der Waals surface area contributed by atoms with Crippen LogP contribution in [0.1, 0.15) is 31.1 Å². The van der Waals surface area contributed by atoms with Crippen molar-refractivity contribution in [1.29, 1.82) is 0 Å². The molecule has 0 unspecified atom stereocenters. The van der Waals surface area contributed by atoms with Crippen LogP contribution in [-0.4, -0.2) is 23.7 Å². The van der Waals surface area contributed by atoms with E-state index in [4.69, 9.17) is 9.47 Å². The largest absolute Gasteiger partial charge is 0.489 e. The van der Waals surface area contributed by atoms with Crippen LogP contribution in [0.15, 0.2) is 30.5 Å². The van der Waals surface area contributed by atoms with Gasteiger partial charge in [0, 0.05) is 11.6 Å². The van der Waals surface area contributed by atoms with Crippen molar-refractivity contribution in [3.63, 3.8) is 0 Å². The lowest BCUT2D eigenvalue weighted by atomic mass is 10.1. The third kappa shape index (κ3) is 2.84. The number of hydrogen-bond acceptors (Lipinski definition) is 4. The predicted molar refractivity (Wildman–Crippen MR) is 73.5 cm³/mol. The fourth-order valence-corrected chi connectivity index (χ4v) is 1.88. The van der Waals surface area contributed by atoms with Crippen molar-refractivity contribution < 1.29 is 14.3 Å². The SMILES string of the molecule is CCOC(=O)c1ccc(OC(C)C)c2ncccc12. The molecule has 0 amide bonds. The maximum absolute atomic E-state index is 11.9. The molecule has 0 aliphatic carbocycles. The van der Waals surface area contributed by atoms with Gasteiger partial charge in [-0.05, 0) is 39.0 Å². The van der Waals surface area contributed by atoms with Crippen molar-refractivity contribution in [2.45, 2.75) is 26.9 Å². The summed E-state index contributed by atoms with van der Waals surface area (Å²) in [5, 5.41) is 0.749. The van der Waals surface area contributed by atoms with Gasteiger partial charge in [0.15, 0.2) is 0 Å². The number of carbonyl (C=O) groups is 1. The molecule has 4 nitrogen and oxygen atoms in total. The van der Waals surface area contributed by atoms with Crippen LogP contribution in [0.3, 0.4) is 0 Å². The summed E-state index contributed by atoms with van der Waals surface area (Å²) in [6.45, 7) is 6.04. The smallest absolute Gasteiger partial charge is 0.338 e. The monoisotopic (exact) mass is 259 g/mol. The van der Waals surface area contributed by atoms with Gasteiger partial charge in [-0.1, -0.05) is 6.07 Å². The lowest BCUT2D eigenvalue weighted by Gasteiger charge is -2.13. The van der Waals surface area contributed by atoms with E-state index in [9.17, 15) is 4.79 Å². The van der Waals surface area contributed by atoms with Crippen LogP contribution in [0.5, 0.6) is 5.75 Å². The Morgan fingerprint density at radius 3 is 2.79 bits per heavy atom. The summed E-state index contributed by atoms with van der Waals surface area (Å²) >= 11 is 0. The average Bonchev–Trinajstić information content (AvgIpc) is 2.38. The van der Waals surface area contributed by atoms with E-state index in [-0.39, 0.29) is 12.1 Å². The standard InChI is InChI=1S/C15H17NO3/c1-4-18-15(17)12-7-8-13(19-10(2)3)14-11(12)6-5-9-16-14/h5-10H,4H2,1-3H3. The maximum Gasteiger partial charge on any atom is 0.338 e. The number of hydrogen-bond donors (Lipinski definition) is 0. The quantitative estimate of drug-likeness (QED) is 0.791. The summed E-state index contributed by atoms with van der Waals surface area (Å²) in [6.07, 6.45) is 1.74. The molecular weight excluding hydrogens is 242 g/mol. The maximum atomic E-state index is 11.9. The molecule has 2 rings (SSSR count). The zero-order valence-electron chi connectivity index (χ0n) is 11.3. The van der Waals surface area contributed by atoms with E-state index in [0.29, 0.717) is 23.4 Å². The fourth-order valence-electron chi connectivity index (χ4n) is 1.88. The van der Waals surface area contributed by atoms with Gasteiger partial charge in [-0.2, -0.15) is 0 Å². The van der Waals surface area contributed by atoms with Crippen molar-refractivity contribution in [1.82, 2.24) is 4.98 Å². The van der Waals surface area contributed by atoms with Gasteiger partial charge in [-0.3, -0.25) is 4.98 Å². The van der Waals surface area contributed by atoms with Gasteiger partial charge in [0.2, 0.25) is 0 Å². The fraction of sp³-hybridized carbons (Fsp3) is 0.333. The van der Waals surface area contributed by atoms with Crippen molar-refractivity contribution in [3.05, 3.63) is 36.0 Å². The average molecular weight is 259 g/mol. The highest BCUT2D eigenvalue weighted by molar-refractivity contribution is 6.05. The van der Waals surface area contributed by atoms with Crippen molar-refractivity contribution in [2.24, 2.45) is 0 Å². The second kappa shape index (κ2) is 5.69. The van der Waals surface area contributed by atoms with E-state index >= 15 is 0 Å². The summed E-state index contributed by atoms with van der Waals surface area (Å²) in [7, 11) is 0. The Labute approximate surface area is 112 Å². The molecule has 0 bridgehead atoms. The van der Waals surface area contributed by atoms with Gasteiger partial charge in [-0.25, -0.2) is 4.79 Å². The van der Waals surface area contributed by atoms with Crippen molar-refractivity contribution >= 4 is 16.9 Å². The van der Waals surface area contributed by atoms with E-state index in [0.717, 1.165) is 5.39 Å². The highest BCUT2D eigenvalue weighted by Crippen LogP contribution is 2.27. The minimum atomic E-state index is -0.336. The third-order valence-corrected chi connectivity index (χ3v) is 2.59. The number of rotatable bonds is 4. The molecule has 0 aliphatic rings. The van der Waals surface area contributed by atoms with Crippen LogP contribution in [-0.2, 0) is 4.74 Å². The molecular formula is C15H17NO3. The number of aromatic nitrogens is 1. The first-order valence-electron chi connectivity index (χ1n) is 6.35. The number of ether oxygens (including phenoxy) is 2. The Balaban J connectivity index is 2.55. The Hall–Kier alpha value is -2.10. The Morgan fingerprint density at radius 2 is 2.11 bits per heavy atom. The van der Waals surface area contributed by atoms with Gasteiger partial charge >= 0.3 is 5.97 Å². The molecule has 1 aromatic carbocycles. The number of pyridine rings is 1. The van der Waals surface area contributed by atoms with Crippen LogP contribution in [0, 0.1) is 0 Å². The highest BCUT2D eigenvalue weighted by Gasteiger charge is 2.15. The van der Waals surface area contributed by atoms with E-state index in [1.807, 2.05) is 19.9 Å². The van der Waals surface area contributed by atoms with E-state index < -0.39 is 0 Å². The first-order valence-corrected chi connectivity index (χ1v) is 6.35. The summed E-state index contributed by atoms with van der Waals surface area (Å²) in [4.78, 5) is 16.2. The first kappa shape index (κ1) is 13.3. The van der Waals surface area contributed by atoms with Gasteiger partial charge < -0.3 is 9.47 Å². The van der Waals surface area contributed by atoms with Gasteiger partial charge in [0.1, 0.15) is 11.3 Å². The molecule has 0 atom stereocenters. The summed E-state index contributed by atoms with van der Waals surface area (Å²) in [6, 6.07) is 7.13. The van der Waals surface area contributed by atoms with Crippen LogP contribution >= 0.6 is 0 Å². The zero-order chi connectivity index (χ0) is 13.8. The number of carbonyl (C=O) groups excluding carboxylic acids is 1. The minimum Gasteiger partial charge on any atom is -0.489 e. The molecule has 19 heavy (non-hydrogen) atoms. The summed E-state index contributed by atoms with van der Waals surface area (Å²) in [5.74, 6) is 0.343. The molecule has 1 aromatic heterocycles. The minimum absolute atomic E-state index is 0.0543. The number of esters is 1. The van der Waals surface area contributed by atoms with E-state index in [1.165, 1.54) is 0 Å². The summed E-state index contributed by atoms with van der Waals surface area (Å²) < 4.78 is 10.8. The Kier molecular flexibility index (Phi) is 4.00. The van der Waals surface area contributed by atoms with Crippen LogP contribution < -0.4 is 4.74 Å². The van der Waals surface area contributed by atoms with Crippen LogP contribution in [0.25, 0.3) is 10.9 Å². The van der Waals surface area contributed by atoms with Crippen molar-refractivity contribution in [2.75, 3.05) is 6.61 Å². The highest BCUT2D eigenvalue weighted by atomic mass is 16.5. The molecule has 2 aromatic rings. The molecule has 0 spiro atoms. The lowest BCUT2D eigenvalue weighted by Crippen LogP contribution is -2.09. The van der Waals surface area contributed by atoms with Gasteiger partial charge in [-0.15, -0.1) is 0 Å². The normalized spacial score (nSPS) is 10.7. The zero-order valence-corrected chi connectivity index (χ0v) is 11.3. The molecule has 0 aliphatic heterocycles. The topological polar surface area (TPSA) is 48.4 Å². The predicted octanol–water partition coefficient (Wildman–Crippen LogP) is 3.20. The molecule has 0 saturated heterocycles. The molecule has 100 valence electrons. The van der Waals surface area contributed by atoms with E-state index in [2.05, 4.69) is 4.98 Å². The van der Waals surface area contributed by atoms with Gasteiger partial charge in [0.05, 0.1) is 18.3 Å². The molecule has 4 heteroatoms. The van der Waals surface area contributed by atoms with Crippen LogP contribution in [0.2, 0.25) is 0 Å². The Bertz CT molecular complexity index is 593. The molecule has 0 N–H and O–H groups in total. The molecule has 1 heterocycles. The third-order valence-electron chi connectivity index (χ3n) is 2.59. The van der Waals surface area contributed by atoms with E-state index in [1.54, 1.807) is 31.3 Å². The lowest BCUT2D eigenvalue weighted by molar-refractivity contribution is 0.0528. The van der Waals surface area contributed by atoms with Gasteiger partial charge in [0.25, 0.3) is 0 Å². The molecule has 0 radical (unpaired) electrons. The number of nitrogens with zero attached hydrogens (tertiary/aromatic N) is 1. The van der Waals surface area contributed by atoms with Crippen molar-refractivity contribution in [3.8, 4) is 5.75 Å². The molecule has 0 saturated carbocycles. The first-order chi connectivity index (χ1) is 9.13. The second-order valence-electron chi connectivity index (χ2n) is 4.40.